The summed E-state index contributed by atoms with van der Waals surface area (Å²) >= 11 is 0. The monoisotopic (exact) mass is 290 g/mol. The SMILES string of the molecule is C=C[C@@H](C#CC#C[C@H](O)CCCCCCCC)CC(=O)O. The minimum absolute atomic E-state index is 0.0709. The summed E-state index contributed by atoms with van der Waals surface area (Å²) in [4.78, 5) is 10.5. The van der Waals surface area contributed by atoms with Crippen LogP contribution in [0, 0.1) is 29.6 Å². The van der Waals surface area contributed by atoms with Gasteiger partial charge in [0.2, 0.25) is 0 Å². The molecule has 0 unspecified atom stereocenters. The maximum Gasteiger partial charge on any atom is 0.304 e. The summed E-state index contributed by atoms with van der Waals surface area (Å²) in [6.45, 7) is 5.72. The minimum atomic E-state index is -0.912. The first-order valence-electron chi connectivity index (χ1n) is 7.63. The number of aliphatic hydroxyl groups is 1. The zero-order chi connectivity index (χ0) is 15.9. The van der Waals surface area contributed by atoms with E-state index in [9.17, 15) is 9.90 Å². The number of hydrogen-bond acceptors (Lipinski definition) is 2. The number of aliphatic hydroxyl groups excluding tert-OH is 1. The Bertz CT molecular complexity index is 417. The topological polar surface area (TPSA) is 57.5 Å². The second-order valence-corrected chi connectivity index (χ2v) is 5.05. The van der Waals surface area contributed by atoms with Gasteiger partial charge in [-0.15, -0.1) is 6.58 Å². The van der Waals surface area contributed by atoms with Crippen LogP contribution in [-0.2, 0) is 4.79 Å². The highest BCUT2D eigenvalue weighted by Gasteiger charge is 2.04. The average molecular weight is 290 g/mol. The van der Waals surface area contributed by atoms with Crippen molar-refractivity contribution in [2.24, 2.45) is 5.92 Å². The van der Waals surface area contributed by atoms with Crippen molar-refractivity contribution in [2.75, 3.05) is 0 Å². The molecule has 2 atom stereocenters. The highest BCUT2D eigenvalue weighted by Crippen LogP contribution is 2.08. The molecular weight excluding hydrogens is 264 g/mol. The van der Waals surface area contributed by atoms with Crippen molar-refractivity contribution >= 4 is 5.97 Å². The third-order valence-electron chi connectivity index (χ3n) is 3.07. The quantitative estimate of drug-likeness (QED) is 0.368. The van der Waals surface area contributed by atoms with Crippen molar-refractivity contribution in [3.63, 3.8) is 0 Å². The molecule has 3 heteroatoms. The first kappa shape index (κ1) is 19.3. The number of carbonyl (C=O) groups is 1. The molecule has 0 bridgehead atoms. The van der Waals surface area contributed by atoms with Crippen LogP contribution in [0.15, 0.2) is 12.7 Å². The maximum atomic E-state index is 10.5. The molecule has 0 aliphatic heterocycles. The minimum Gasteiger partial charge on any atom is -0.481 e. The van der Waals surface area contributed by atoms with Crippen LogP contribution in [0.1, 0.15) is 58.3 Å². The molecule has 0 aromatic rings. The van der Waals surface area contributed by atoms with Gasteiger partial charge in [0.25, 0.3) is 0 Å². The summed E-state index contributed by atoms with van der Waals surface area (Å²) in [5.41, 5.74) is 0. The summed E-state index contributed by atoms with van der Waals surface area (Å²) in [5.74, 6) is 9.24. The zero-order valence-corrected chi connectivity index (χ0v) is 12.9. The van der Waals surface area contributed by atoms with Crippen molar-refractivity contribution in [1.82, 2.24) is 0 Å². The number of aliphatic carboxylic acids is 1. The van der Waals surface area contributed by atoms with Gasteiger partial charge in [-0.1, -0.05) is 56.9 Å². The lowest BCUT2D eigenvalue weighted by Gasteiger charge is -2.02. The Kier molecular flexibility index (Phi) is 12.2. The number of hydrogen-bond donors (Lipinski definition) is 2. The van der Waals surface area contributed by atoms with Crippen LogP contribution >= 0.6 is 0 Å². The summed E-state index contributed by atoms with van der Waals surface area (Å²) in [7, 11) is 0. The van der Waals surface area contributed by atoms with Crippen LogP contribution in [0.2, 0.25) is 0 Å². The number of carboxylic acids is 1. The Balaban J connectivity index is 3.93. The van der Waals surface area contributed by atoms with Crippen LogP contribution < -0.4 is 0 Å². The highest BCUT2D eigenvalue weighted by molar-refractivity contribution is 5.68. The number of carboxylic acid groups (broad SMARTS) is 1. The summed E-state index contributed by atoms with van der Waals surface area (Å²) in [5, 5.41) is 18.3. The molecule has 0 saturated heterocycles. The largest absolute Gasteiger partial charge is 0.481 e. The molecule has 0 spiro atoms. The Morgan fingerprint density at radius 1 is 1.14 bits per heavy atom. The predicted molar refractivity (Wildman–Crippen MR) is 85.5 cm³/mol. The standard InChI is InChI=1S/C18H26O3/c1-3-5-6-7-8-9-13-17(19)14-11-10-12-16(4-2)15-18(20)21/h4,16-17,19H,2-3,5-9,13,15H2,1H3,(H,20,21)/t16-,17+/m0/s1. The Labute approximate surface area is 128 Å². The van der Waals surface area contributed by atoms with Crippen molar-refractivity contribution in [3.8, 4) is 23.7 Å². The lowest BCUT2D eigenvalue weighted by atomic mass is 10.1. The molecule has 0 fully saturated rings. The van der Waals surface area contributed by atoms with Gasteiger partial charge in [0.15, 0.2) is 0 Å². The van der Waals surface area contributed by atoms with Gasteiger partial charge in [0.1, 0.15) is 6.10 Å². The Hall–Kier alpha value is -1.71. The molecule has 116 valence electrons. The summed E-state index contributed by atoms with van der Waals surface area (Å²) < 4.78 is 0. The lowest BCUT2D eigenvalue weighted by Crippen LogP contribution is -2.03. The second kappa shape index (κ2) is 13.3. The van der Waals surface area contributed by atoms with E-state index in [1.807, 2.05) is 0 Å². The van der Waals surface area contributed by atoms with Gasteiger partial charge in [-0.3, -0.25) is 4.79 Å². The van der Waals surface area contributed by atoms with E-state index >= 15 is 0 Å². The van der Waals surface area contributed by atoms with Crippen molar-refractivity contribution in [2.45, 2.75) is 64.4 Å². The zero-order valence-electron chi connectivity index (χ0n) is 12.9. The molecular formula is C18H26O3. The second-order valence-electron chi connectivity index (χ2n) is 5.05. The molecule has 0 rings (SSSR count). The van der Waals surface area contributed by atoms with Gasteiger partial charge in [-0.05, 0) is 24.7 Å². The van der Waals surface area contributed by atoms with E-state index in [0.29, 0.717) is 6.42 Å². The molecule has 2 N–H and O–H groups in total. The summed E-state index contributed by atoms with van der Waals surface area (Å²) in [6, 6.07) is 0. The van der Waals surface area contributed by atoms with Gasteiger partial charge in [0.05, 0.1) is 6.42 Å². The van der Waals surface area contributed by atoms with Crippen LogP contribution in [0.3, 0.4) is 0 Å². The predicted octanol–water partition coefficient (Wildman–Crippen LogP) is 3.38. The fourth-order valence-corrected chi connectivity index (χ4v) is 1.82. The van der Waals surface area contributed by atoms with Crippen molar-refractivity contribution in [1.29, 1.82) is 0 Å². The molecule has 0 aliphatic carbocycles. The van der Waals surface area contributed by atoms with Gasteiger partial charge in [-0.2, -0.15) is 0 Å². The van der Waals surface area contributed by atoms with Crippen LogP contribution in [-0.4, -0.2) is 22.3 Å². The smallest absolute Gasteiger partial charge is 0.304 e. The Morgan fingerprint density at radius 2 is 1.76 bits per heavy atom. The van der Waals surface area contributed by atoms with E-state index in [1.165, 1.54) is 31.8 Å². The van der Waals surface area contributed by atoms with Gasteiger partial charge in [0, 0.05) is 5.92 Å². The van der Waals surface area contributed by atoms with E-state index in [-0.39, 0.29) is 6.42 Å². The van der Waals surface area contributed by atoms with Crippen molar-refractivity contribution < 1.29 is 15.0 Å². The lowest BCUT2D eigenvalue weighted by molar-refractivity contribution is -0.137. The molecule has 21 heavy (non-hydrogen) atoms. The third kappa shape index (κ3) is 13.0. The van der Waals surface area contributed by atoms with Crippen molar-refractivity contribution in [3.05, 3.63) is 12.7 Å². The van der Waals surface area contributed by atoms with Crippen LogP contribution in [0.4, 0.5) is 0 Å². The van der Waals surface area contributed by atoms with Gasteiger partial charge in [-0.25, -0.2) is 0 Å². The molecule has 0 amide bonds. The third-order valence-corrected chi connectivity index (χ3v) is 3.07. The first-order valence-corrected chi connectivity index (χ1v) is 7.63. The number of unbranched alkanes of at least 4 members (excludes halogenated alkanes) is 5. The van der Waals surface area contributed by atoms with E-state index in [2.05, 4.69) is 37.2 Å². The molecule has 0 aliphatic rings. The first-order chi connectivity index (χ1) is 10.1. The van der Waals surface area contributed by atoms with Crippen LogP contribution in [0.25, 0.3) is 0 Å². The molecule has 0 aromatic carbocycles. The molecule has 0 radical (unpaired) electrons. The van der Waals surface area contributed by atoms with E-state index in [1.54, 1.807) is 0 Å². The Morgan fingerprint density at radius 3 is 2.38 bits per heavy atom. The molecule has 0 saturated carbocycles. The number of allylic oxidation sites excluding steroid dienone is 1. The highest BCUT2D eigenvalue weighted by atomic mass is 16.4. The fourth-order valence-electron chi connectivity index (χ4n) is 1.82. The number of rotatable bonds is 10. The molecule has 0 aromatic heterocycles. The fraction of sp³-hybridized carbons (Fsp3) is 0.611. The van der Waals surface area contributed by atoms with Gasteiger partial charge < -0.3 is 10.2 Å². The van der Waals surface area contributed by atoms with E-state index < -0.39 is 18.0 Å². The average Bonchev–Trinajstić information content (AvgIpc) is 2.45. The van der Waals surface area contributed by atoms with E-state index in [0.717, 1.165) is 12.8 Å². The molecule has 3 nitrogen and oxygen atoms in total. The van der Waals surface area contributed by atoms with Crippen LogP contribution in [0.5, 0.6) is 0 Å². The van der Waals surface area contributed by atoms with E-state index in [4.69, 9.17) is 5.11 Å². The maximum absolute atomic E-state index is 10.5. The summed E-state index contributed by atoms with van der Waals surface area (Å²) in [6.07, 6.45) is 8.53. The normalized spacial score (nSPS) is 12.3. The van der Waals surface area contributed by atoms with Gasteiger partial charge >= 0.3 is 5.97 Å². The molecule has 0 heterocycles.